The predicted octanol–water partition coefficient (Wildman–Crippen LogP) is 2.45. The van der Waals surface area contributed by atoms with Crippen LogP contribution in [0.4, 0.5) is 5.13 Å². The average Bonchev–Trinajstić information content (AvgIpc) is 2.90. The summed E-state index contributed by atoms with van der Waals surface area (Å²) in [5.74, 6) is -0.820. The minimum Gasteiger partial charge on any atom is -0.464 e. The first-order chi connectivity index (χ1) is 10.0. The number of hydrogen-bond donors (Lipinski definition) is 1. The van der Waals surface area contributed by atoms with Crippen LogP contribution in [0.3, 0.4) is 0 Å². The third-order valence-electron chi connectivity index (χ3n) is 2.74. The molecule has 2 rings (SSSR count). The summed E-state index contributed by atoms with van der Waals surface area (Å²) in [5, 5.41) is 3.58. The Bertz CT molecular complexity index is 665. The van der Waals surface area contributed by atoms with Crippen LogP contribution in [0.2, 0.25) is 0 Å². The Morgan fingerprint density at radius 3 is 2.71 bits per heavy atom. The summed E-state index contributed by atoms with van der Waals surface area (Å²) >= 11 is 1.14. The SMILES string of the molecule is COC(=O)c1nc(NCc2ccc(C)nc2)sc1C(C)=O. The molecule has 0 aliphatic rings. The summed E-state index contributed by atoms with van der Waals surface area (Å²) in [6, 6.07) is 3.87. The lowest BCUT2D eigenvalue weighted by atomic mass is 10.2. The van der Waals surface area contributed by atoms with Gasteiger partial charge in [0.2, 0.25) is 0 Å². The number of aromatic nitrogens is 2. The van der Waals surface area contributed by atoms with Gasteiger partial charge in [0.1, 0.15) is 4.88 Å². The number of pyridine rings is 1. The highest BCUT2D eigenvalue weighted by Gasteiger charge is 2.21. The molecule has 110 valence electrons. The van der Waals surface area contributed by atoms with Crippen molar-refractivity contribution in [2.24, 2.45) is 0 Å². The summed E-state index contributed by atoms with van der Waals surface area (Å²) in [7, 11) is 1.26. The molecule has 0 amide bonds. The molecular formula is C14H15N3O3S. The molecule has 0 aliphatic carbocycles. The second-order valence-corrected chi connectivity index (χ2v) is 5.40. The fraction of sp³-hybridized carbons (Fsp3) is 0.286. The van der Waals surface area contributed by atoms with Crippen LogP contribution >= 0.6 is 11.3 Å². The van der Waals surface area contributed by atoms with Crippen molar-refractivity contribution in [3.05, 3.63) is 40.2 Å². The molecule has 2 aromatic rings. The normalized spacial score (nSPS) is 10.2. The Labute approximate surface area is 126 Å². The first-order valence-electron chi connectivity index (χ1n) is 6.26. The summed E-state index contributed by atoms with van der Waals surface area (Å²) in [4.78, 5) is 31.8. The molecule has 0 bridgehead atoms. The van der Waals surface area contributed by atoms with Crippen LogP contribution in [0.15, 0.2) is 18.3 Å². The minimum absolute atomic E-state index is 0.0551. The Morgan fingerprint density at radius 2 is 2.14 bits per heavy atom. The van der Waals surface area contributed by atoms with Gasteiger partial charge in [-0.2, -0.15) is 0 Å². The maximum Gasteiger partial charge on any atom is 0.358 e. The van der Waals surface area contributed by atoms with E-state index in [9.17, 15) is 9.59 Å². The van der Waals surface area contributed by atoms with Gasteiger partial charge < -0.3 is 10.1 Å². The van der Waals surface area contributed by atoms with Crippen LogP contribution in [0.1, 0.15) is 38.3 Å². The van der Waals surface area contributed by atoms with E-state index in [1.54, 1.807) is 6.20 Å². The zero-order chi connectivity index (χ0) is 15.4. The zero-order valence-electron chi connectivity index (χ0n) is 12.0. The molecule has 1 N–H and O–H groups in total. The van der Waals surface area contributed by atoms with Crippen molar-refractivity contribution in [1.82, 2.24) is 9.97 Å². The van der Waals surface area contributed by atoms with Crippen LogP contribution in [0.5, 0.6) is 0 Å². The van der Waals surface area contributed by atoms with Gasteiger partial charge >= 0.3 is 5.97 Å². The van der Waals surface area contributed by atoms with Gasteiger partial charge in [-0.25, -0.2) is 9.78 Å². The van der Waals surface area contributed by atoms with Crippen molar-refractivity contribution in [3.63, 3.8) is 0 Å². The average molecular weight is 305 g/mol. The fourth-order valence-electron chi connectivity index (χ4n) is 1.65. The number of esters is 1. The first kappa shape index (κ1) is 15.1. The number of carbonyl (C=O) groups is 2. The number of aryl methyl sites for hydroxylation is 1. The molecule has 0 unspecified atom stereocenters. The number of rotatable bonds is 5. The van der Waals surface area contributed by atoms with Crippen LogP contribution in [0.25, 0.3) is 0 Å². The van der Waals surface area contributed by atoms with Crippen molar-refractivity contribution in [3.8, 4) is 0 Å². The fourth-order valence-corrected chi connectivity index (χ4v) is 2.49. The highest BCUT2D eigenvalue weighted by atomic mass is 32.1. The summed E-state index contributed by atoms with van der Waals surface area (Å²) in [6.07, 6.45) is 1.77. The van der Waals surface area contributed by atoms with Gasteiger partial charge in [0, 0.05) is 25.4 Å². The van der Waals surface area contributed by atoms with E-state index >= 15 is 0 Å². The van der Waals surface area contributed by atoms with Gasteiger partial charge in [-0.05, 0) is 18.6 Å². The number of anilines is 1. The molecule has 2 heterocycles. The van der Waals surface area contributed by atoms with Crippen LogP contribution in [-0.2, 0) is 11.3 Å². The first-order valence-corrected chi connectivity index (χ1v) is 7.08. The zero-order valence-corrected chi connectivity index (χ0v) is 12.8. The molecule has 7 heteroatoms. The van der Waals surface area contributed by atoms with Crippen molar-refractivity contribution in [2.75, 3.05) is 12.4 Å². The lowest BCUT2D eigenvalue weighted by molar-refractivity contribution is 0.0591. The molecule has 0 saturated heterocycles. The summed E-state index contributed by atoms with van der Waals surface area (Å²) in [5.41, 5.74) is 1.99. The molecular weight excluding hydrogens is 290 g/mol. The Balaban J connectivity index is 2.15. The van der Waals surface area contributed by atoms with E-state index in [1.165, 1.54) is 14.0 Å². The van der Waals surface area contributed by atoms with Gasteiger partial charge in [0.05, 0.1) is 7.11 Å². The number of Topliss-reactive ketones (excluding diaryl/α,β-unsaturated/α-hetero) is 1. The second kappa shape index (κ2) is 6.45. The third kappa shape index (κ3) is 3.63. The number of thiazole rings is 1. The molecule has 0 fully saturated rings. The van der Waals surface area contributed by atoms with E-state index in [4.69, 9.17) is 0 Å². The van der Waals surface area contributed by atoms with E-state index in [2.05, 4.69) is 20.0 Å². The van der Waals surface area contributed by atoms with Crippen molar-refractivity contribution in [1.29, 1.82) is 0 Å². The van der Waals surface area contributed by atoms with Crippen LogP contribution in [0, 0.1) is 6.92 Å². The highest BCUT2D eigenvalue weighted by Crippen LogP contribution is 2.24. The standard InChI is InChI=1S/C14H15N3O3S/c1-8-4-5-10(6-15-8)7-16-14-17-11(13(19)20-3)12(21-14)9(2)18/h4-6H,7H2,1-3H3,(H,16,17). The molecule has 0 saturated carbocycles. The highest BCUT2D eigenvalue weighted by molar-refractivity contribution is 7.17. The van der Waals surface area contributed by atoms with Crippen molar-refractivity contribution < 1.29 is 14.3 Å². The number of ketones is 1. The molecule has 0 atom stereocenters. The molecule has 0 aliphatic heterocycles. The van der Waals surface area contributed by atoms with E-state index in [1.807, 2.05) is 19.1 Å². The molecule has 0 aromatic carbocycles. The van der Waals surface area contributed by atoms with Gasteiger partial charge in [0.25, 0.3) is 0 Å². The van der Waals surface area contributed by atoms with Crippen molar-refractivity contribution in [2.45, 2.75) is 20.4 Å². The number of hydrogen-bond acceptors (Lipinski definition) is 7. The third-order valence-corrected chi connectivity index (χ3v) is 3.86. The Morgan fingerprint density at radius 1 is 1.38 bits per heavy atom. The number of methoxy groups -OCH3 is 1. The summed E-state index contributed by atoms with van der Waals surface area (Å²) in [6.45, 7) is 3.83. The molecule has 0 radical (unpaired) electrons. The number of nitrogens with one attached hydrogen (secondary N) is 1. The van der Waals surface area contributed by atoms with Gasteiger partial charge in [-0.15, -0.1) is 0 Å². The maximum absolute atomic E-state index is 11.6. The van der Waals surface area contributed by atoms with Gasteiger partial charge in [-0.1, -0.05) is 17.4 Å². The number of nitrogens with zero attached hydrogens (tertiary/aromatic N) is 2. The smallest absolute Gasteiger partial charge is 0.358 e. The van der Waals surface area contributed by atoms with Gasteiger partial charge in [0.15, 0.2) is 16.6 Å². The van der Waals surface area contributed by atoms with Gasteiger partial charge in [-0.3, -0.25) is 9.78 Å². The lowest BCUT2D eigenvalue weighted by Gasteiger charge is -2.02. The Kier molecular flexibility index (Phi) is 4.64. The number of carbonyl (C=O) groups excluding carboxylic acids is 2. The predicted molar refractivity (Wildman–Crippen MR) is 79.8 cm³/mol. The van der Waals surface area contributed by atoms with E-state index < -0.39 is 5.97 Å². The minimum atomic E-state index is -0.610. The quantitative estimate of drug-likeness (QED) is 0.675. The lowest BCUT2D eigenvalue weighted by Crippen LogP contribution is -2.07. The monoisotopic (exact) mass is 305 g/mol. The maximum atomic E-state index is 11.6. The molecule has 2 aromatic heterocycles. The van der Waals surface area contributed by atoms with Crippen molar-refractivity contribution >= 4 is 28.2 Å². The second-order valence-electron chi connectivity index (χ2n) is 4.41. The van der Waals surface area contributed by atoms with E-state index in [0.717, 1.165) is 22.6 Å². The van der Waals surface area contributed by atoms with E-state index in [-0.39, 0.29) is 11.5 Å². The molecule has 21 heavy (non-hydrogen) atoms. The largest absolute Gasteiger partial charge is 0.464 e. The topological polar surface area (TPSA) is 81.2 Å². The molecule has 6 nitrogen and oxygen atoms in total. The van der Waals surface area contributed by atoms with Crippen LogP contribution in [-0.4, -0.2) is 28.8 Å². The number of ether oxygens (including phenoxy) is 1. The summed E-state index contributed by atoms with van der Waals surface area (Å²) < 4.78 is 4.63. The van der Waals surface area contributed by atoms with Crippen LogP contribution < -0.4 is 5.32 Å². The molecule has 0 spiro atoms. The Hall–Kier alpha value is -2.28. The van der Waals surface area contributed by atoms with E-state index in [0.29, 0.717) is 16.6 Å².